The van der Waals surface area contributed by atoms with Gasteiger partial charge in [-0.15, -0.1) is 0 Å². The highest BCUT2D eigenvalue weighted by Crippen LogP contribution is 2.18. The molecule has 2 fully saturated rings. The molecule has 0 saturated carbocycles. The lowest BCUT2D eigenvalue weighted by atomic mass is 10.1. The molecule has 3 atom stereocenters. The van der Waals surface area contributed by atoms with Crippen molar-refractivity contribution < 1.29 is 9.53 Å². The van der Waals surface area contributed by atoms with Crippen LogP contribution in [0.25, 0.3) is 0 Å². The van der Waals surface area contributed by atoms with Gasteiger partial charge in [0.05, 0.1) is 12.5 Å². The van der Waals surface area contributed by atoms with Crippen molar-refractivity contribution in [3.8, 4) is 0 Å². The van der Waals surface area contributed by atoms with Gasteiger partial charge in [-0.05, 0) is 26.7 Å². The van der Waals surface area contributed by atoms with Crippen LogP contribution < -0.4 is 5.32 Å². The van der Waals surface area contributed by atoms with Crippen LogP contribution in [0.15, 0.2) is 0 Å². The molecular weight excluding hydrogens is 204 g/mol. The van der Waals surface area contributed by atoms with Crippen LogP contribution in [0.3, 0.4) is 0 Å². The number of nitrogens with one attached hydrogen (secondary N) is 1. The number of ether oxygens (including phenoxy) is 1. The molecule has 2 saturated heterocycles. The molecule has 0 aromatic rings. The van der Waals surface area contributed by atoms with Crippen molar-refractivity contribution in [1.82, 2.24) is 10.2 Å². The zero-order chi connectivity index (χ0) is 11.5. The number of hydrogen-bond acceptors (Lipinski definition) is 3. The molecule has 3 unspecified atom stereocenters. The maximum Gasteiger partial charge on any atom is 0.225 e. The molecule has 0 aromatic carbocycles. The highest BCUT2D eigenvalue weighted by Gasteiger charge is 2.29. The average molecular weight is 226 g/mol. The smallest absolute Gasteiger partial charge is 0.225 e. The van der Waals surface area contributed by atoms with E-state index in [0.717, 1.165) is 32.5 Å². The van der Waals surface area contributed by atoms with Crippen LogP contribution in [0.1, 0.15) is 33.1 Å². The van der Waals surface area contributed by atoms with Gasteiger partial charge in [0.2, 0.25) is 5.91 Å². The first kappa shape index (κ1) is 11.9. The summed E-state index contributed by atoms with van der Waals surface area (Å²) in [5, 5.41) is 3.39. The first-order valence-corrected chi connectivity index (χ1v) is 6.31. The van der Waals surface area contributed by atoms with Crippen LogP contribution >= 0.6 is 0 Å². The number of rotatable bonds is 2. The molecule has 0 radical (unpaired) electrons. The van der Waals surface area contributed by atoms with E-state index in [9.17, 15) is 4.79 Å². The van der Waals surface area contributed by atoms with Gasteiger partial charge in [-0.3, -0.25) is 4.79 Å². The molecule has 2 aliphatic heterocycles. The molecule has 2 aliphatic rings. The maximum atomic E-state index is 12.1. The summed E-state index contributed by atoms with van der Waals surface area (Å²) in [6, 6.07) is 0.717. The van der Waals surface area contributed by atoms with E-state index in [1.165, 1.54) is 0 Å². The van der Waals surface area contributed by atoms with E-state index in [4.69, 9.17) is 4.74 Å². The predicted octanol–water partition coefficient (Wildman–Crippen LogP) is 0.764. The Balaban J connectivity index is 1.86. The average Bonchev–Trinajstić information content (AvgIpc) is 2.74. The zero-order valence-corrected chi connectivity index (χ0v) is 10.2. The molecule has 4 nitrogen and oxygen atoms in total. The van der Waals surface area contributed by atoms with E-state index < -0.39 is 0 Å². The second-order valence-electron chi connectivity index (χ2n) is 5.04. The van der Waals surface area contributed by atoms with Gasteiger partial charge in [0.15, 0.2) is 0 Å². The van der Waals surface area contributed by atoms with E-state index in [-0.39, 0.29) is 12.0 Å². The fourth-order valence-electron chi connectivity index (χ4n) is 2.49. The summed E-state index contributed by atoms with van der Waals surface area (Å²) in [6.45, 7) is 6.78. The topological polar surface area (TPSA) is 41.6 Å². The highest BCUT2D eigenvalue weighted by molar-refractivity contribution is 5.77. The Morgan fingerprint density at radius 3 is 3.00 bits per heavy atom. The van der Waals surface area contributed by atoms with Crippen molar-refractivity contribution in [3.05, 3.63) is 0 Å². The molecule has 4 heteroatoms. The van der Waals surface area contributed by atoms with Gasteiger partial charge >= 0.3 is 0 Å². The van der Waals surface area contributed by atoms with Crippen LogP contribution in [0.5, 0.6) is 0 Å². The summed E-state index contributed by atoms with van der Waals surface area (Å²) in [4.78, 5) is 14.1. The summed E-state index contributed by atoms with van der Waals surface area (Å²) in [6.07, 6.45) is 2.88. The third-order valence-corrected chi connectivity index (χ3v) is 3.51. The molecule has 1 amide bonds. The fraction of sp³-hybridized carbons (Fsp3) is 0.917. The standard InChI is InChI=1S/C12H22N2O2/c1-9-8-14(10(2)7-13-9)12(15)6-11-4-3-5-16-11/h9-11,13H,3-8H2,1-2H3. The molecule has 16 heavy (non-hydrogen) atoms. The summed E-state index contributed by atoms with van der Waals surface area (Å²) in [7, 11) is 0. The van der Waals surface area contributed by atoms with Gasteiger partial charge < -0.3 is 15.0 Å². The van der Waals surface area contributed by atoms with Crippen molar-refractivity contribution in [2.45, 2.75) is 51.3 Å². The fourth-order valence-corrected chi connectivity index (χ4v) is 2.49. The highest BCUT2D eigenvalue weighted by atomic mass is 16.5. The van der Waals surface area contributed by atoms with Crippen molar-refractivity contribution in [2.75, 3.05) is 19.7 Å². The van der Waals surface area contributed by atoms with Crippen molar-refractivity contribution in [2.24, 2.45) is 0 Å². The lowest BCUT2D eigenvalue weighted by Crippen LogP contribution is -2.56. The third-order valence-electron chi connectivity index (χ3n) is 3.51. The number of hydrogen-bond donors (Lipinski definition) is 1. The number of nitrogens with zero attached hydrogens (tertiary/aromatic N) is 1. The van der Waals surface area contributed by atoms with Gasteiger partial charge in [0, 0.05) is 31.8 Å². The predicted molar refractivity (Wildman–Crippen MR) is 62.2 cm³/mol. The van der Waals surface area contributed by atoms with E-state index in [0.29, 0.717) is 18.5 Å². The number of piperazine rings is 1. The molecule has 0 spiro atoms. The molecule has 1 N–H and O–H groups in total. The van der Waals surface area contributed by atoms with Crippen molar-refractivity contribution in [1.29, 1.82) is 0 Å². The second kappa shape index (κ2) is 5.15. The van der Waals surface area contributed by atoms with Gasteiger partial charge in [-0.1, -0.05) is 0 Å². The van der Waals surface area contributed by atoms with Crippen LogP contribution in [0.4, 0.5) is 0 Å². The molecule has 2 rings (SSSR count). The van der Waals surface area contributed by atoms with E-state index >= 15 is 0 Å². The zero-order valence-electron chi connectivity index (χ0n) is 10.2. The monoisotopic (exact) mass is 226 g/mol. The Morgan fingerprint density at radius 2 is 2.31 bits per heavy atom. The Morgan fingerprint density at radius 1 is 1.50 bits per heavy atom. The molecule has 0 aromatic heterocycles. The van der Waals surface area contributed by atoms with Gasteiger partial charge in [-0.2, -0.15) is 0 Å². The van der Waals surface area contributed by atoms with Crippen LogP contribution in [-0.2, 0) is 9.53 Å². The minimum absolute atomic E-state index is 0.171. The Hall–Kier alpha value is -0.610. The minimum atomic E-state index is 0.171. The van der Waals surface area contributed by atoms with Gasteiger partial charge in [-0.25, -0.2) is 0 Å². The van der Waals surface area contributed by atoms with Gasteiger partial charge in [0.25, 0.3) is 0 Å². The molecule has 0 aliphatic carbocycles. The maximum absolute atomic E-state index is 12.1. The van der Waals surface area contributed by atoms with E-state index in [2.05, 4.69) is 19.2 Å². The first-order valence-electron chi connectivity index (χ1n) is 6.31. The number of carbonyl (C=O) groups is 1. The van der Waals surface area contributed by atoms with Crippen molar-refractivity contribution >= 4 is 5.91 Å². The molecule has 0 bridgehead atoms. The summed E-state index contributed by atoms with van der Waals surface area (Å²) >= 11 is 0. The van der Waals surface area contributed by atoms with Gasteiger partial charge in [0.1, 0.15) is 0 Å². The normalized spacial score (nSPS) is 35.4. The molecule has 92 valence electrons. The Bertz CT molecular complexity index is 251. The lowest BCUT2D eigenvalue weighted by Gasteiger charge is -2.38. The van der Waals surface area contributed by atoms with E-state index in [1.54, 1.807) is 0 Å². The first-order chi connectivity index (χ1) is 7.66. The lowest BCUT2D eigenvalue weighted by molar-refractivity contribution is -0.136. The minimum Gasteiger partial charge on any atom is -0.378 e. The second-order valence-corrected chi connectivity index (χ2v) is 5.04. The van der Waals surface area contributed by atoms with Crippen LogP contribution in [-0.4, -0.2) is 48.7 Å². The molecular formula is C12H22N2O2. The largest absolute Gasteiger partial charge is 0.378 e. The van der Waals surface area contributed by atoms with Crippen LogP contribution in [0, 0.1) is 0 Å². The number of carbonyl (C=O) groups excluding carboxylic acids is 1. The summed E-state index contributed by atoms with van der Waals surface area (Å²) in [5.74, 6) is 0.257. The Labute approximate surface area is 97.3 Å². The third kappa shape index (κ3) is 2.74. The summed E-state index contributed by atoms with van der Waals surface area (Å²) < 4.78 is 5.51. The SMILES string of the molecule is CC1CN(C(=O)CC2CCCO2)C(C)CN1. The summed E-state index contributed by atoms with van der Waals surface area (Å²) in [5.41, 5.74) is 0. The quantitative estimate of drug-likeness (QED) is 0.756. The molecule has 2 heterocycles. The van der Waals surface area contributed by atoms with Crippen molar-refractivity contribution in [3.63, 3.8) is 0 Å². The van der Waals surface area contributed by atoms with E-state index in [1.807, 2.05) is 4.90 Å². The Kier molecular flexibility index (Phi) is 3.82. The van der Waals surface area contributed by atoms with Crippen LogP contribution in [0.2, 0.25) is 0 Å². The number of amides is 1.